The fraction of sp³-hybridized carbons (Fsp3) is 0.500. The van der Waals surface area contributed by atoms with Crippen molar-refractivity contribution in [2.75, 3.05) is 6.54 Å². The summed E-state index contributed by atoms with van der Waals surface area (Å²) in [5.74, 6) is -1.06. The maximum atomic E-state index is 13.4. The summed E-state index contributed by atoms with van der Waals surface area (Å²) in [6.45, 7) is 4.50. The van der Waals surface area contributed by atoms with Crippen molar-refractivity contribution in [2.24, 2.45) is 5.92 Å². The van der Waals surface area contributed by atoms with Crippen LogP contribution in [0.25, 0.3) is 11.6 Å². The molecule has 6 heteroatoms. The normalized spacial score (nSPS) is 33.0. The van der Waals surface area contributed by atoms with E-state index in [1.165, 1.54) is 0 Å². The molecular formula is C20H22N3O3-. The second-order valence-corrected chi connectivity index (χ2v) is 7.97. The topological polar surface area (TPSA) is 79.5 Å². The molecular weight excluding hydrogens is 330 g/mol. The first-order valence-electron chi connectivity index (χ1n) is 9.40. The predicted molar refractivity (Wildman–Crippen MR) is 97.1 cm³/mol. The zero-order chi connectivity index (χ0) is 18.2. The van der Waals surface area contributed by atoms with Gasteiger partial charge in [-0.2, -0.15) is 0 Å². The molecule has 1 aromatic heterocycles. The first-order valence-corrected chi connectivity index (χ1v) is 9.40. The maximum Gasteiger partial charge on any atom is 0.237 e. The number of nitrogens with zero attached hydrogens (tertiary/aromatic N) is 2. The SMILES string of the molecule is C[C@H]1C[C@H](C)N1C(=O)C1C=c2[nH]cc3c2=C(C1=O)C1=CCCN([O-])C1C3. The van der Waals surface area contributed by atoms with Crippen molar-refractivity contribution in [3.05, 3.63) is 39.2 Å². The number of Topliss-reactive ketones (excluding diaryl/α,β-unsaturated/α-hetero) is 1. The smallest absolute Gasteiger partial charge is 0.237 e. The largest absolute Gasteiger partial charge is 0.785 e. The molecule has 5 rings (SSSR count). The lowest BCUT2D eigenvalue weighted by Crippen LogP contribution is -2.59. The maximum absolute atomic E-state index is 13.4. The minimum absolute atomic E-state index is 0.118. The molecule has 0 bridgehead atoms. The zero-order valence-electron chi connectivity index (χ0n) is 15.0. The molecule has 136 valence electrons. The number of rotatable bonds is 1. The molecule has 0 radical (unpaired) electrons. The third-order valence-electron chi connectivity index (χ3n) is 6.38. The second kappa shape index (κ2) is 5.41. The van der Waals surface area contributed by atoms with Crippen LogP contribution >= 0.6 is 0 Å². The summed E-state index contributed by atoms with van der Waals surface area (Å²) < 4.78 is 0. The minimum Gasteiger partial charge on any atom is -0.785 e. The lowest BCUT2D eigenvalue weighted by molar-refractivity contribution is -0.147. The Morgan fingerprint density at radius 2 is 2.08 bits per heavy atom. The molecule has 4 aliphatic rings. The van der Waals surface area contributed by atoms with Gasteiger partial charge in [0.25, 0.3) is 0 Å². The molecule has 0 saturated carbocycles. The molecule has 3 heterocycles. The van der Waals surface area contributed by atoms with Crippen molar-refractivity contribution in [1.29, 1.82) is 0 Å². The van der Waals surface area contributed by atoms with Crippen LogP contribution in [0.3, 0.4) is 0 Å². The Balaban J connectivity index is 1.64. The van der Waals surface area contributed by atoms with Gasteiger partial charge in [-0.15, -0.1) is 0 Å². The standard InChI is InChI=1S/C20H22N3O3/c1-10-6-11(2)23(10)20(25)14-8-15-17-12(9-21-15)7-16-13(18(17)19(14)24)4-3-5-22(16)26/h4,8-11,14,16,21H,3,5-7H2,1-2H3/q-1/t10-,11-,14?,16?/m0/s1. The number of likely N-dealkylation sites (tertiary alicyclic amines) is 1. The average Bonchev–Trinajstić information content (AvgIpc) is 3.00. The highest BCUT2D eigenvalue weighted by atomic mass is 16.5. The Bertz CT molecular complexity index is 965. The van der Waals surface area contributed by atoms with E-state index in [0.717, 1.165) is 33.2 Å². The number of carbonyl (C=O) groups is 2. The fourth-order valence-corrected chi connectivity index (χ4v) is 5.16. The molecule has 1 aromatic rings. The summed E-state index contributed by atoms with van der Waals surface area (Å²) in [5, 5.41) is 15.2. The van der Waals surface area contributed by atoms with Crippen molar-refractivity contribution < 1.29 is 9.59 Å². The van der Waals surface area contributed by atoms with Gasteiger partial charge in [-0.3, -0.25) is 9.59 Å². The van der Waals surface area contributed by atoms with Crippen molar-refractivity contribution in [3.8, 4) is 0 Å². The van der Waals surface area contributed by atoms with Crippen molar-refractivity contribution >= 4 is 23.3 Å². The van der Waals surface area contributed by atoms with E-state index in [0.29, 0.717) is 25.0 Å². The highest BCUT2D eigenvalue weighted by molar-refractivity contribution is 6.30. The third-order valence-corrected chi connectivity index (χ3v) is 6.38. The van der Waals surface area contributed by atoms with Gasteiger partial charge in [0, 0.05) is 40.5 Å². The van der Waals surface area contributed by atoms with Gasteiger partial charge in [-0.05, 0) is 56.9 Å². The number of H-pyrrole nitrogens is 1. The number of nitrogens with one attached hydrogen (secondary N) is 1. The van der Waals surface area contributed by atoms with Crippen molar-refractivity contribution in [2.45, 2.75) is 51.2 Å². The van der Waals surface area contributed by atoms with E-state index in [-0.39, 0.29) is 29.8 Å². The van der Waals surface area contributed by atoms with Gasteiger partial charge < -0.3 is 20.2 Å². The lowest BCUT2D eigenvalue weighted by atomic mass is 9.76. The van der Waals surface area contributed by atoms with Crippen LogP contribution in [-0.4, -0.2) is 51.3 Å². The van der Waals surface area contributed by atoms with Crippen LogP contribution in [-0.2, 0) is 16.0 Å². The Morgan fingerprint density at radius 3 is 2.81 bits per heavy atom. The first kappa shape index (κ1) is 16.0. The van der Waals surface area contributed by atoms with Gasteiger partial charge in [-0.1, -0.05) is 6.08 Å². The molecule has 1 N–H and O–H groups in total. The molecule has 26 heavy (non-hydrogen) atoms. The summed E-state index contributed by atoms with van der Waals surface area (Å²) in [5.41, 5.74) is 2.41. The van der Waals surface area contributed by atoms with Crippen LogP contribution < -0.4 is 10.6 Å². The number of carbonyl (C=O) groups excluding carboxylic acids is 2. The number of hydrogen-bond acceptors (Lipinski definition) is 4. The summed E-state index contributed by atoms with van der Waals surface area (Å²) in [4.78, 5) is 31.5. The highest BCUT2D eigenvalue weighted by Crippen LogP contribution is 2.34. The van der Waals surface area contributed by atoms with Crippen LogP contribution in [0, 0.1) is 11.1 Å². The molecule has 2 unspecified atom stereocenters. The van der Waals surface area contributed by atoms with E-state index in [4.69, 9.17) is 0 Å². The zero-order valence-corrected chi connectivity index (χ0v) is 15.0. The molecule has 6 nitrogen and oxygen atoms in total. The van der Waals surface area contributed by atoms with Crippen molar-refractivity contribution in [1.82, 2.24) is 14.9 Å². The first-order chi connectivity index (χ1) is 12.5. The molecule has 2 aliphatic carbocycles. The van der Waals surface area contributed by atoms with Gasteiger partial charge in [0.1, 0.15) is 5.92 Å². The number of hydrogen-bond donors (Lipinski definition) is 1. The number of aromatic amines is 1. The molecule has 0 aromatic carbocycles. The molecule has 1 fully saturated rings. The molecule has 2 aliphatic heterocycles. The van der Waals surface area contributed by atoms with Crippen LogP contribution in [0.5, 0.6) is 0 Å². The van der Waals surface area contributed by atoms with Crippen LogP contribution in [0.4, 0.5) is 0 Å². The minimum atomic E-state index is -0.795. The van der Waals surface area contributed by atoms with E-state index >= 15 is 0 Å². The number of hydroxylamine groups is 2. The molecule has 4 atom stereocenters. The van der Waals surface area contributed by atoms with Crippen LogP contribution in [0.1, 0.15) is 32.3 Å². The molecule has 1 amide bonds. The Morgan fingerprint density at radius 1 is 1.31 bits per heavy atom. The third kappa shape index (κ3) is 2.00. The van der Waals surface area contributed by atoms with Crippen molar-refractivity contribution in [3.63, 3.8) is 0 Å². The van der Waals surface area contributed by atoms with Gasteiger partial charge in [0.15, 0.2) is 5.78 Å². The quantitative estimate of drug-likeness (QED) is 0.733. The van der Waals surface area contributed by atoms with Gasteiger partial charge >= 0.3 is 0 Å². The summed E-state index contributed by atoms with van der Waals surface area (Å²) in [7, 11) is 0. The van der Waals surface area contributed by atoms with Gasteiger partial charge in [-0.25, -0.2) is 0 Å². The fourth-order valence-electron chi connectivity index (χ4n) is 5.16. The monoisotopic (exact) mass is 352 g/mol. The van der Waals surface area contributed by atoms with Crippen LogP contribution in [0.2, 0.25) is 0 Å². The Hall–Kier alpha value is -2.18. The molecule has 0 spiro atoms. The Kier molecular flexibility index (Phi) is 3.33. The van der Waals surface area contributed by atoms with E-state index in [9.17, 15) is 14.8 Å². The van der Waals surface area contributed by atoms with E-state index in [1.54, 1.807) is 6.08 Å². The highest BCUT2D eigenvalue weighted by Gasteiger charge is 2.44. The summed E-state index contributed by atoms with van der Waals surface area (Å²) in [6.07, 6.45) is 7.92. The van der Waals surface area contributed by atoms with E-state index in [1.807, 2.05) is 31.0 Å². The number of aromatic nitrogens is 1. The predicted octanol–water partition coefficient (Wildman–Crippen LogP) is 0.209. The van der Waals surface area contributed by atoms with Gasteiger partial charge in [0.05, 0.1) is 0 Å². The lowest BCUT2D eigenvalue weighted by Gasteiger charge is -2.47. The van der Waals surface area contributed by atoms with E-state index in [2.05, 4.69) is 4.98 Å². The van der Waals surface area contributed by atoms with E-state index < -0.39 is 5.92 Å². The second-order valence-electron chi connectivity index (χ2n) is 7.97. The van der Waals surface area contributed by atoms with Crippen LogP contribution in [0.15, 0.2) is 17.8 Å². The average molecular weight is 352 g/mol. The summed E-state index contributed by atoms with van der Waals surface area (Å²) >= 11 is 0. The summed E-state index contributed by atoms with van der Waals surface area (Å²) in [6, 6.07) is 0.0402. The number of ketones is 1. The Labute approximate surface area is 151 Å². The number of amides is 1. The van der Waals surface area contributed by atoms with Gasteiger partial charge in [0.2, 0.25) is 5.91 Å². The molecule has 1 saturated heterocycles. The number of fused-ring (bicyclic) bond motifs is 2.